The molecule has 2 fully saturated rings. The predicted octanol–water partition coefficient (Wildman–Crippen LogP) is 1.76. The topological polar surface area (TPSA) is 69.9 Å². The Balaban J connectivity index is 1.86. The van der Waals surface area contributed by atoms with Crippen LogP contribution < -0.4 is 4.90 Å². The fourth-order valence-corrected chi connectivity index (χ4v) is 3.55. The molecule has 2 saturated heterocycles. The summed E-state index contributed by atoms with van der Waals surface area (Å²) in [5, 5.41) is 20.4. The highest BCUT2D eigenvalue weighted by Crippen LogP contribution is 2.29. The average Bonchev–Trinajstić information content (AvgIpc) is 2.83. The average molecular weight is 291 g/mol. The van der Waals surface area contributed by atoms with Gasteiger partial charge in [-0.2, -0.15) is 0 Å². The van der Waals surface area contributed by atoms with E-state index in [9.17, 15) is 15.2 Å². The lowest BCUT2D eigenvalue weighted by atomic mass is 10.1. The number of nitro groups is 1. The zero-order chi connectivity index (χ0) is 14.8. The molecule has 3 rings (SSSR count). The Labute approximate surface area is 124 Å². The summed E-state index contributed by atoms with van der Waals surface area (Å²) in [6.07, 6.45) is 3.57. The molecular formula is C15H21N3O3. The molecule has 2 heterocycles. The van der Waals surface area contributed by atoms with Crippen molar-refractivity contribution in [3.05, 3.63) is 33.9 Å². The third kappa shape index (κ3) is 2.87. The van der Waals surface area contributed by atoms with Gasteiger partial charge in [0.2, 0.25) is 0 Å². The Hall–Kier alpha value is -1.66. The molecule has 0 aromatic heterocycles. The van der Waals surface area contributed by atoms with Gasteiger partial charge in [0.05, 0.1) is 11.5 Å². The molecule has 6 nitrogen and oxygen atoms in total. The Morgan fingerprint density at radius 2 is 2.10 bits per heavy atom. The number of hydrogen-bond acceptors (Lipinski definition) is 5. The molecule has 2 aliphatic heterocycles. The maximum atomic E-state index is 10.9. The van der Waals surface area contributed by atoms with E-state index in [0.29, 0.717) is 11.6 Å². The quantitative estimate of drug-likeness (QED) is 0.679. The maximum absolute atomic E-state index is 10.9. The smallest absolute Gasteiger partial charge is 0.269 e. The Morgan fingerprint density at radius 3 is 2.86 bits per heavy atom. The summed E-state index contributed by atoms with van der Waals surface area (Å²) in [7, 11) is 0. The van der Waals surface area contributed by atoms with Crippen molar-refractivity contribution in [3.8, 4) is 0 Å². The third-order valence-electron chi connectivity index (χ3n) is 4.59. The van der Waals surface area contributed by atoms with Gasteiger partial charge in [0.25, 0.3) is 5.69 Å². The second-order valence-electron chi connectivity index (χ2n) is 5.86. The second-order valence-corrected chi connectivity index (χ2v) is 5.86. The standard InChI is InChI=1S/C15H21N3O3/c19-11-12-9-13(18(20)21)4-5-15(12)17-8-2-7-16-6-1-3-14(16)10-17/h4-5,9,14,19H,1-3,6-8,10-11H2. The number of nitro benzene ring substituents is 1. The van der Waals surface area contributed by atoms with Crippen molar-refractivity contribution in [1.82, 2.24) is 4.90 Å². The molecule has 1 atom stereocenters. The summed E-state index contributed by atoms with van der Waals surface area (Å²) in [6.45, 7) is 4.04. The van der Waals surface area contributed by atoms with Gasteiger partial charge in [-0.1, -0.05) is 0 Å². The Bertz CT molecular complexity index is 535. The molecule has 0 bridgehead atoms. The molecule has 0 saturated carbocycles. The highest BCUT2D eigenvalue weighted by atomic mass is 16.6. The van der Waals surface area contributed by atoms with Gasteiger partial charge in [-0.3, -0.25) is 15.0 Å². The first kappa shape index (κ1) is 14.3. The minimum atomic E-state index is -0.413. The number of rotatable bonds is 3. The molecule has 114 valence electrons. The van der Waals surface area contributed by atoms with Gasteiger partial charge >= 0.3 is 0 Å². The van der Waals surface area contributed by atoms with Crippen molar-refractivity contribution >= 4 is 11.4 Å². The molecule has 0 amide bonds. The SMILES string of the molecule is O=[N+]([O-])c1ccc(N2CCCN3CCCC3C2)c(CO)c1. The van der Waals surface area contributed by atoms with Crippen LogP contribution in [0.15, 0.2) is 18.2 Å². The normalized spacial score (nSPS) is 22.9. The number of benzene rings is 1. The van der Waals surface area contributed by atoms with E-state index >= 15 is 0 Å². The monoisotopic (exact) mass is 291 g/mol. The van der Waals surface area contributed by atoms with Crippen molar-refractivity contribution in [1.29, 1.82) is 0 Å². The zero-order valence-electron chi connectivity index (χ0n) is 12.1. The summed E-state index contributed by atoms with van der Waals surface area (Å²) in [5.74, 6) is 0. The van der Waals surface area contributed by atoms with Crippen molar-refractivity contribution in [2.45, 2.75) is 31.9 Å². The van der Waals surface area contributed by atoms with Gasteiger partial charge in [-0.05, 0) is 31.9 Å². The van der Waals surface area contributed by atoms with Crippen LogP contribution >= 0.6 is 0 Å². The van der Waals surface area contributed by atoms with Crippen molar-refractivity contribution < 1.29 is 10.0 Å². The highest BCUT2D eigenvalue weighted by molar-refractivity contribution is 5.58. The van der Waals surface area contributed by atoms with Gasteiger partial charge in [-0.25, -0.2) is 0 Å². The van der Waals surface area contributed by atoms with Crippen LogP contribution in [0.4, 0.5) is 11.4 Å². The van der Waals surface area contributed by atoms with E-state index in [4.69, 9.17) is 0 Å². The number of aliphatic hydroxyl groups is 1. The van der Waals surface area contributed by atoms with Gasteiger partial charge in [0.15, 0.2) is 0 Å². The van der Waals surface area contributed by atoms with E-state index in [1.54, 1.807) is 6.07 Å². The number of hydrogen-bond donors (Lipinski definition) is 1. The molecule has 2 aliphatic rings. The summed E-state index contributed by atoms with van der Waals surface area (Å²) in [6, 6.07) is 5.39. The third-order valence-corrected chi connectivity index (χ3v) is 4.59. The van der Waals surface area contributed by atoms with Gasteiger partial charge in [0, 0.05) is 49.1 Å². The van der Waals surface area contributed by atoms with Crippen LogP contribution in [0.3, 0.4) is 0 Å². The zero-order valence-corrected chi connectivity index (χ0v) is 12.1. The van der Waals surface area contributed by atoms with Gasteiger partial charge in [-0.15, -0.1) is 0 Å². The fraction of sp³-hybridized carbons (Fsp3) is 0.600. The van der Waals surface area contributed by atoms with E-state index in [0.717, 1.165) is 31.7 Å². The van der Waals surface area contributed by atoms with Gasteiger partial charge < -0.3 is 10.0 Å². The number of anilines is 1. The van der Waals surface area contributed by atoms with Crippen LogP contribution in [0.1, 0.15) is 24.8 Å². The van der Waals surface area contributed by atoms with Crippen LogP contribution in [-0.4, -0.2) is 47.2 Å². The van der Waals surface area contributed by atoms with Gasteiger partial charge in [0.1, 0.15) is 0 Å². The fourth-order valence-electron chi connectivity index (χ4n) is 3.55. The molecule has 1 N–H and O–H groups in total. The lowest BCUT2D eigenvalue weighted by Gasteiger charge is -2.28. The van der Waals surface area contributed by atoms with Crippen LogP contribution in [0.2, 0.25) is 0 Å². The minimum absolute atomic E-state index is 0.0418. The summed E-state index contributed by atoms with van der Waals surface area (Å²) in [5.41, 5.74) is 1.63. The molecule has 0 aliphatic carbocycles. The molecule has 0 spiro atoms. The number of aliphatic hydroxyl groups excluding tert-OH is 1. The number of fused-ring (bicyclic) bond motifs is 1. The van der Waals surface area contributed by atoms with Crippen molar-refractivity contribution in [2.75, 3.05) is 31.1 Å². The lowest BCUT2D eigenvalue weighted by molar-refractivity contribution is -0.384. The maximum Gasteiger partial charge on any atom is 0.269 e. The second kappa shape index (κ2) is 5.99. The van der Waals surface area contributed by atoms with E-state index in [1.165, 1.54) is 31.5 Å². The first-order valence-electron chi connectivity index (χ1n) is 7.56. The Kier molecular flexibility index (Phi) is 4.07. The number of nitrogens with zero attached hydrogens (tertiary/aromatic N) is 3. The van der Waals surface area contributed by atoms with Crippen LogP contribution in [0.5, 0.6) is 0 Å². The van der Waals surface area contributed by atoms with Crippen molar-refractivity contribution in [2.24, 2.45) is 0 Å². The van der Waals surface area contributed by atoms with Crippen LogP contribution in [-0.2, 0) is 6.61 Å². The minimum Gasteiger partial charge on any atom is -0.392 e. The van der Waals surface area contributed by atoms with Crippen LogP contribution in [0, 0.1) is 10.1 Å². The predicted molar refractivity (Wildman–Crippen MR) is 80.4 cm³/mol. The summed E-state index contributed by atoms with van der Waals surface area (Å²) < 4.78 is 0. The van der Waals surface area contributed by atoms with E-state index < -0.39 is 4.92 Å². The molecule has 21 heavy (non-hydrogen) atoms. The molecule has 1 aromatic rings. The highest BCUT2D eigenvalue weighted by Gasteiger charge is 2.29. The Morgan fingerprint density at radius 1 is 1.29 bits per heavy atom. The summed E-state index contributed by atoms with van der Waals surface area (Å²) >= 11 is 0. The molecule has 0 radical (unpaired) electrons. The van der Waals surface area contributed by atoms with E-state index in [1.807, 2.05) is 0 Å². The molecule has 1 unspecified atom stereocenters. The van der Waals surface area contributed by atoms with Crippen LogP contribution in [0.25, 0.3) is 0 Å². The number of non-ortho nitro benzene ring substituents is 1. The first-order chi connectivity index (χ1) is 10.2. The summed E-state index contributed by atoms with van der Waals surface area (Å²) in [4.78, 5) is 15.3. The molecule has 6 heteroatoms. The largest absolute Gasteiger partial charge is 0.392 e. The van der Waals surface area contributed by atoms with E-state index in [-0.39, 0.29) is 12.3 Å². The van der Waals surface area contributed by atoms with E-state index in [2.05, 4.69) is 9.80 Å². The van der Waals surface area contributed by atoms with Crippen molar-refractivity contribution in [3.63, 3.8) is 0 Å². The molecule has 1 aromatic carbocycles. The first-order valence-corrected chi connectivity index (χ1v) is 7.56. The molecular weight excluding hydrogens is 270 g/mol. The lowest BCUT2D eigenvalue weighted by Crippen LogP contribution is -2.37.